The van der Waals surface area contributed by atoms with Crippen LogP contribution in [0.5, 0.6) is 0 Å². The lowest BCUT2D eigenvalue weighted by Gasteiger charge is -2.17. The fourth-order valence-electron chi connectivity index (χ4n) is 3.21. The van der Waals surface area contributed by atoms with Gasteiger partial charge in [0, 0.05) is 32.1 Å². The summed E-state index contributed by atoms with van der Waals surface area (Å²) in [6.07, 6.45) is 4.21. The zero-order chi connectivity index (χ0) is 16.8. The topological polar surface area (TPSA) is 80.4 Å². The summed E-state index contributed by atoms with van der Waals surface area (Å²) < 4.78 is 3.52. The Morgan fingerprint density at radius 1 is 1.21 bits per heavy atom. The van der Waals surface area contributed by atoms with E-state index < -0.39 is 0 Å². The molecule has 4 heterocycles. The van der Waals surface area contributed by atoms with E-state index in [4.69, 9.17) is 0 Å². The summed E-state index contributed by atoms with van der Waals surface area (Å²) >= 11 is 0. The quantitative estimate of drug-likeness (QED) is 0.785. The Balaban J connectivity index is 1.59. The normalized spacial score (nSPS) is 17.9. The lowest BCUT2D eigenvalue weighted by atomic mass is 10.2. The van der Waals surface area contributed by atoms with Gasteiger partial charge in [-0.05, 0) is 26.3 Å². The van der Waals surface area contributed by atoms with Crippen molar-refractivity contribution >= 4 is 23.1 Å². The molecule has 4 rings (SSSR count). The number of hydrogen-bond acceptors (Lipinski definition) is 5. The molecule has 1 unspecified atom stereocenters. The first-order valence-electron chi connectivity index (χ1n) is 7.92. The predicted molar refractivity (Wildman–Crippen MR) is 90.0 cm³/mol. The van der Waals surface area contributed by atoms with Crippen LogP contribution < -0.4 is 10.2 Å². The van der Waals surface area contributed by atoms with Crippen LogP contribution in [0.25, 0.3) is 5.52 Å². The second kappa shape index (κ2) is 5.33. The van der Waals surface area contributed by atoms with E-state index in [1.165, 1.54) is 0 Å². The molecule has 0 spiro atoms. The highest BCUT2D eigenvalue weighted by Crippen LogP contribution is 2.25. The zero-order valence-electron chi connectivity index (χ0n) is 13.9. The van der Waals surface area contributed by atoms with E-state index in [2.05, 4.69) is 20.5 Å². The van der Waals surface area contributed by atoms with Gasteiger partial charge in [0.2, 0.25) is 0 Å². The molecule has 0 aliphatic carbocycles. The molecule has 1 aliphatic rings. The molecule has 0 saturated carbocycles. The number of anilines is 2. The molecule has 1 saturated heterocycles. The predicted octanol–water partition coefficient (Wildman–Crippen LogP) is 1.30. The van der Waals surface area contributed by atoms with Crippen LogP contribution in [0.4, 0.5) is 11.6 Å². The summed E-state index contributed by atoms with van der Waals surface area (Å²) in [5.41, 5.74) is 2.69. The molecular formula is C16H19N7O. The minimum absolute atomic E-state index is 0.0399. The van der Waals surface area contributed by atoms with Gasteiger partial charge in [-0.3, -0.25) is 14.4 Å². The smallest absolute Gasteiger partial charge is 0.250 e. The van der Waals surface area contributed by atoms with Crippen molar-refractivity contribution in [3.63, 3.8) is 0 Å². The van der Waals surface area contributed by atoms with Gasteiger partial charge in [-0.2, -0.15) is 10.2 Å². The minimum Gasteiger partial charge on any atom is -0.357 e. The summed E-state index contributed by atoms with van der Waals surface area (Å²) in [5, 5.41) is 12.0. The molecule has 3 aromatic rings. The van der Waals surface area contributed by atoms with Crippen LogP contribution in [-0.2, 0) is 11.8 Å². The number of aromatic nitrogens is 5. The van der Waals surface area contributed by atoms with Crippen molar-refractivity contribution in [2.45, 2.75) is 26.3 Å². The number of carbonyl (C=O) groups excluding carboxylic acids is 1. The Kier molecular flexibility index (Phi) is 3.26. The Bertz CT molecular complexity index is 926. The van der Waals surface area contributed by atoms with Gasteiger partial charge in [0.1, 0.15) is 17.4 Å². The van der Waals surface area contributed by atoms with Gasteiger partial charge in [0.15, 0.2) is 5.82 Å². The van der Waals surface area contributed by atoms with E-state index in [-0.39, 0.29) is 11.9 Å². The van der Waals surface area contributed by atoms with Crippen LogP contribution in [0.2, 0.25) is 0 Å². The van der Waals surface area contributed by atoms with E-state index in [0.717, 1.165) is 29.1 Å². The molecule has 0 aromatic carbocycles. The van der Waals surface area contributed by atoms with Crippen LogP contribution in [0.15, 0.2) is 24.5 Å². The maximum atomic E-state index is 12.8. The second-order valence-corrected chi connectivity index (χ2v) is 6.13. The van der Waals surface area contributed by atoms with Gasteiger partial charge in [-0.25, -0.2) is 9.50 Å². The van der Waals surface area contributed by atoms with Gasteiger partial charge in [-0.15, -0.1) is 0 Å². The van der Waals surface area contributed by atoms with Crippen molar-refractivity contribution in [3.8, 4) is 0 Å². The average molecular weight is 325 g/mol. The molecule has 1 N–H and O–H groups in total. The fraction of sp³-hybridized carbons (Fsp3) is 0.375. The monoisotopic (exact) mass is 325 g/mol. The van der Waals surface area contributed by atoms with E-state index in [0.29, 0.717) is 12.4 Å². The van der Waals surface area contributed by atoms with E-state index in [1.54, 1.807) is 26.5 Å². The van der Waals surface area contributed by atoms with Crippen molar-refractivity contribution in [1.29, 1.82) is 0 Å². The highest BCUT2D eigenvalue weighted by Gasteiger charge is 2.34. The van der Waals surface area contributed by atoms with Crippen LogP contribution >= 0.6 is 0 Å². The van der Waals surface area contributed by atoms with Gasteiger partial charge in [-0.1, -0.05) is 0 Å². The van der Waals surface area contributed by atoms with Crippen molar-refractivity contribution in [3.05, 3.63) is 35.9 Å². The third-order valence-corrected chi connectivity index (χ3v) is 4.28. The molecule has 1 fully saturated rings. The SMILES string of the molecule is Cc1cc(N2CCC(Nc3nccn4nc(C)cc34)C2=O)n(C)n1. The Labute approximate surface area is 139 Å². The molecule has 0 radical (unpaired) electrons. The first kappa shape index (κ1) is 14.7. The summed E-state index contributed by atoms with van der Waals surface area (Å²) in [4.78, 5) is 18.9. The van der Waals surface area contributed by atoms with E-state index >= 15 is 0 Å². The minimum atomic E-state index is -0.297. The maximum Gasteiger partial charge on any atom is 0.250 e. The van der Waals surface area contributed by atoms with E-state index in [9.17, 15) is 4.79 Å². The molecular weight excluding hydrogens is 306 g/mol. The number of rotatable bonds is 3. The molecule has 1 amide bonds. The summed E-state index contributed by atoms with van der Waals surface area (Å²) in [7, 11) is 1.85. The summed E-state index contributed by atoms with van der Waals surface area (Å²) in [6, 6.07) is 3.59. The zero-order valence-corrected chi connectivity index (χ0v) is 13.9. The molecule has 8 heteroatoms. The molecule has 124 valence electrons. The van der Waals surface area contributed by atoms with Crippen LogP contribution in [-0.4, -0.2) is 42.9 Å². The number of nitrogens with zero attached hydrogens (tertiary/aromatic N) is 6. The van der Waals surface area contributed by atoms with Gasteiger partial charge < -0.3 is 5.32 Å². The van der Waals surface area contributed by atoms with Gasteiger partial charge in [0.05, 0.1) is 11.4 Å². The largest absolute Gasteiger partial charge is 0.357 e. The van der Waals surface area contributed by atoms with Gasteiger partial charge >= 0.3 is 0 Å². The Morgan fingerprint density at radius 2 is 2.00 bits per heavy atom. The summed E-state index contributed by atoms with van der Waals surface area (Å²) in [6.45, 7) is 4.52. The lowest BCUT2D eigenvalue weighted by molar-refractivity contribution is -0.117. The molecule has 3 aromatic heterocycles. The number of amides is 1. The van der Waals surface area contributed by atoms with Crippen molar-refractivity contribution in [1.82, 2.24) is 24.4 Å². The van der Waals surface area contributed by atoms with Crippen molar-refractivity contribution < 1.29 is 4.79 Å². The highest BCUT2D eigenvalue weighted by atomic mass is 16.2. The van der Waals surface area contributed by atoms with Crippen molar-refractivity contribution in [2.24, 2.45) is 7.05 Å². The standard InChI is InChI=1S/C16H19N7O/c1-10-8-13-15(17-5-7-23(13)20-10)18-12-4-6-22(16(12)24)14-9-11(2)19-21(14)3/h5,7-9,12H,4,6H2,1-3H3,(H,17,18). The molecule has 0 bridgehead atoms. The highest BCUT2D eigenvalue weighted by molar-refractivity contribution is 6.00. The number of aryl methyl sites for hydroxylation is 3. The van der Waals surface area contributed by atoms with Crippen LogP contribution in [0.3, 0.4) is 0 Å². The second-order valence-electron chi connectivity index (χ2n) is 6.13. The first-order chi connectivity index (χ1) is 11.5. The molecule has 1 aliphatic heterocycles. The number of nitrogens with one attached hydrogen (secondary N) is 1. The molecule has 24 heavy (non-hydrogen) atoms. The Hall–Kier alpha value is -2.90. The van der Waals surface area contributed by atoms with Gasteiger partial charge in [0.25, 0.3) is 5.91 Å². The number of carbonyl (C=O) groups is 1. The number of fused-ring (bicyclic) bond motifs is 1. The third kappa shape index (κ3) is 2.31. The van der Waals surface area contributed by atoms with E-state index in [1.807, 2.05) is 33.0 Å². The van der Waals surface area contributed by atoms with Crippen molar-refractivity contribution in [2.75, 3.05) is 16.8 Å². The van der Waals surface area contributed by atoms with Crippen LogP contribution in [0.1, 0.15) is 17.8 Å². The fourth-order valence-corrected chi connectivity index (χ4v) is 3.21. The first-order valence-corrected chi connectivity index (χ1v) is 7.92. The number of hydrogen-bond donors (Lipinski definition) is 1. The Morgan fingerprint density at radius 3 is 2.75 bits per heavy atom. The lowest BCUT2D eigenvalue weighted by Crippen LogP contribution is -2.34. The molecule has 8 nitrogen and oxygen atoms in total. The average Bonchev–Trinajstić information content (AvgIpc) is 3.18. The molecule has 1 atom stereocenters. The maximum absolute atomic E-state index is 12.8. The summed E-state index contributed by atoms with van der Waals surface area (Å²) in [5.74, 6) is 1.55. The van der Waals surface area contributed by atoms with Crippen LogP contribution in [0, 0.1) is 13.8 Å². The third-order valence-electron chi connectivity index (χ3n) is 4.28.